The van der Waals surface area contributed by atoms with E-state index >= 15 is 0 Å². The van der Waals surface area contributed by atoms with Crippen molar-refractivity contribution in [1.82, 2.24) is 5.32 Å². The van der Waals surface area contributed by atoms with Crippen LogP contribution in [-0.4, -0.2) is 29.6 Å². The van der Waals surface area contributed by atoms with Gasteiger partial charge >= 0.3 is 5.97 Å². The molecule has 1 rings (SSSR count). The van der Waals surface area contributed by atoms with Gasteiger partial charge in [0.15, 0.2) is 0 Å². The van der Waals surface area contributed by atoms with Crippen LogP contribution < -0.4 is 10.1 Å². The molecular formula is C15H21NO4. The molecule has 0 saturated carbocycles. The van der Waals surface area contributed by atoms with E-state index in [1.165, 1.54) is 6.92 Å². The standard InChI is InChI=1S/C15H21NO4/c1-10(2)9-20-13-6-4-12(5-7-13)8-14(15(18)19)16-11(3)17/h4-7,10,14H,8-9H2,1-3H3,(H,16,17)(H,18,19). The van der Waals surface area contributed by atoms with E-state index in [1.807, 2.05) is 24.3 Å². The summed E-state index contributed by atoms with van der Waals surface area (Å²) in [6.07, 6.45) is 0.249. The lowest BCUT2D eigenvalue weighted by Crippen LogP contribution is -2.41. The number of benzene rings is 1. The Bertz CT molecular complexity index is 453. The fourth-order valence-electron chi connectivity index (χ4n) is 1.67. The van der Waals surface area contributed by atoms with Gasteiger partial charge < -0.3 is 15.2 Å². The molecule has 0 fully saturated rings. The number of amides is 1. The second-order valence-electron chi connectivity index (χ2n) is 5.14. The topological polar surface area (TPSA) is 75.6 Å². The lowest BCUT2D eigenvalue weighted by Gasteiger charge is -2.14. The number of carboxylic acid groups (broad SMARTS) is 1. The third-order valence-corrected chi connectivity index (χ3v) is 2.62. The highest BCUT2D eigenvalue weighted by molar-refractivity contribution is 5.82. The zero-order chi connectivity index (χ0) is 15.1. The predicted molar refractivity (Wildman–Crippen MR) is 75.7 cm³/mol. The molecule has 0 radical (unpaired) electrons. The molecule has 0 aliphatic rings. The van der Waals surface area contributed by atoms with Gasteiger partial charge in [-0.1, -0.05) is 26.0 Å². The van der Waals surface area contributed by atoms with Crippen molar-refractivity contribution >= 4 is 11.9 Å². The van der Waals surface area contributed by atoms with Crippen molar-refractivity contribution < 1.29 is 19.4 Å². The smallest absolute Gasteiger partial charge is 0.326 e. The minimum Gasteiger partial charge on any atom is -0.493 e. The zero-order valence-corrected chi connectivity index (χ0v) is 12.1. The molecule has 5 heteroatoms. The third-order valence-electron chi connectivity index (χ3n) is 2.62. The van der Waals surface area contributed by atoms with E-state index < -0.39 is 12.0 Å². The Morgan fingerprint density at radius 1 is 1.25 bits per heavy atom. The van der Waals surface area contributed by atoms with E-state index in [-0.39, 0.29) is 12.3 Å². The largest absolute Gasteiger partial charge is 0.493 e. The second kappa shape index (κ2) is 7.53. The van der Waals surface area contributed by atoms with Crippen LogP contribution in [-0.2, 0) is 16.0 Å². The van der Waals surface area contributed by atoms with Gasteiger partial charge in [-0.3, -0.25) is 4.79 Å². The van der Waals surface area contributed by atoms with Gasteiger partial charge in [0.25, 0.3) is 0 Å². The highest BCUT2D eigenvalue weighted by atomic mass is 16.5. The van der Waals surface area contributed by atoms with E-state index in [0.717, 1.165) is 11.3 Å². The van der Waals surface area contributed by atoms with Crippen LogP contribution in [0.25, 0.3) is 0 Å². The van der Waals surface area contributed by atoms with Crippen LogP contribution in [0.1, 0.15) is 26.3 Å². The maximum Gasteiger partial charge on any atom is 0.326 e. The van der Waals surface area contributed by atoms with Crippen molar-refractivity contribution in [3.05, 3.63) is 29.8 Å². The summed E-state index contributed by atoms with van der Waals surface area (Å²) in [7, 11) is 0. The number of ether oxygens (including phenoxy) is 1. The minimum absolute atomic E-state index is 0.249. The molecule has 1 aromatic rings. The third kappa shape index (κ3) is 5.73. The fourth-order valence-corrected chi connectivity index (χ4v) is 1.67. The van der Waals surface area contributed by atoms with Gasteiger partial charge in [-0.25, -0.2) is 4.79 Å². The Morgan fingerprint density at radius 2 is 1.85 bits per heavy atom. The number of aliphatic carboxylic acids is 1. The summed E-state index contributed by atoms with van der Waals surface area (Å²) >= 11 is 0. The monoisotopic (exact) mass is 279 g/mol. The van der Waals surface area contributed by atoms with Crippen molar-refractivity contribution in [2.24, 2.45) is 5.92 Å². The van der Waals surface area contributed by atoms with E-state index in [0.29, 0.717) is 12.5 Å². The maximum atomic E-state index is 11.0. The Labute approximate surface area is 118 Å². The van der Waals surface area contributed by atoms with Gasteiger partial charge in [0.05, 0.1) is 6.61 Å². The Morgan fingerprint density at radius 3 is 2.30 bits per heavy atom. The fraction of sp³-hybridized carbons (Fsp3) is 0.467. The van der Waals surface area contributed by atoms with Crippen LogP contribution in [0.2, 0.25) is 0 Å². The molecule has 0 aromatic heterocycles. The molecular weight excluding hydrogens is 258 g/mol. The summed E-state index contributed by atoms with van der Waals surface area (Å²) in [5.74, 6) is -0.186. The van der Waals surface area contributed by atoms with E-state index in [9.17, 15) is 9.59 Å². The molecule has 1 atom stereocenters. The average Bonchev–Trinajstić information content (AvgIpc) is 2.36. The van der Waals surface area contributed by atoms with Crippen molar-refractivity contribution in [3.8, 4) is 5.75 Å². The number of carbonyl (C=O) groups excluding carboxylic acids is 1. The van der Waals surface area contributed by atoms with Crippen LogP contribution in [0.15, 0.2) is 24.3 Å². The first-order valence-corrected chi connectivity index (χ1v) is 6.60. The Kier molecular flexibility index (Phi) is 6.03. The van der Waals surface area contributed by atoms with Gasteiger partial charge in [-0.2, -0.15) is 0 Å². The summed E-state index contributed by atoms with van der Waals surface area (Å²) in [6.45, 7) is 6.08. The van der Waals surface area contributed by atoms with Crippen molar-refractivity contribution in [1.29, 1.82) is 0 Å². The summed E-state index contributed by atoms with van der Waals surface area (Å²) in [5.41, 5.74) is 0.836. The number of rotatable bonds is 7. The van der Waals surface area contributed by atoms with Gasteiger partial charge in [0.2, 0.25) is 5.91 Å². The first-order chi connectivity index (χ1) is 9.38. The molecule has 5 nitrogen and oxygen atoms in total. The first-order valence-electron chi connectivity index (χ1n) is 6.60. The summed E-state index contributed by atoms with van der Waals surface area (Å²) < 4.78 is 5.55. The molecule has 1 unspecified atom stereocenters. The Hall–Kier alpha value is -2.04. The molecule has 20 heavy (non-hydrogen) atoms. The summed E-state index contributed by atoms with van der Waals surface area (Å²) in [4.78, 5) is 22.0. The number of carbonyl (C=O) groups is 2. The van der Waals surface area contributed by atoms with Crippen LogP contribution in [0, 0.1) is 5.92 Å². The molecule has 0 aliphatic heterocycles. The predicted octanol–water partition coefficient (Wildman–Crippen LogP) is 1.85. The lowest BCUT2D eigenvalue weighted by molar-refractivity contribution is -0.141. The number of hydrogen-bond acceptors (Lipinski definition) is 3. The van der Waals surface area contributed by atoms with E-state index in [1.54, 1.807) is 0 Å². The molecule has 1 amide bonds. The average molecular weight is 279 g/mol. The first kappa shape index (κ1) is 16.0. The van der Waals surface area contributed by atoms with Crippen LogP contribution in [0.4, 0.5) is 0 Å². The molecule has 0 heterocycles. The zero-order valence-electron chi connectivity index (χ0n) is 12.1. The number of hydrogen-bond donors (Lipinski definition) is 2. The van der Waals surface area contributed by atoms with E-state index in [2.05, 4.69) is 19.2 Å². The lowest BCUT2D eigenvalue weighted by atomic mass is 10.1. The maximum absolute atomic E-state index is 11.0. The number of nitrogens with one attached hydrogen (secondary N) is 1. The van der Waals surface area contributed by atoms with Crippen LogP contribution in [0.3, 0.4) is 0 Å². The van der Waals surface area contributed by atoms with Gasteiger partial charge in [0.1, 0.15) is 11.8 Å². The van der Waals surface area contributed by atoms with Crippen molar-refractivity contribution in [3.63, 3.8) is 0 Å². The minimum atomic E-state index is -1.04. The van der Waals surface area contributed by atoms with Crippen LogP contribution >= 0.6 is 0 Å². The highest BCUT2D eigenvalue weighted by Crippen LogP contribution is 2.14. The molecule has 2 N–H and O–H groups in total. The highest BCUT2D eigenvalue weighted by Gasteiger charge is 2.18. The molecule has 0 spiro atoms. The SMILES string of the molecule is CC(=O)NC(Cc1ccc(OCC(C)C)cc1)C(=O)O. The molecule has 0 saturated heterocycles. The second-order valence-corrected chi connectivity index (χ2v) is 5.14. The molecule has 110 valence electrons. The molecule has 0 aliphatic carbocycles. The number of carboxylic acids is 1. The van der Waals surface area contributed by atoms with Crippen molar-refractivity contribution in [2.75, 3.05) is 6.61 Å². The summed E-state index contributed by atoms with van der Waals surface area (Å²) in [6, 6.07) is 6.34. The van der Waals surface area contributed by atoms with E-state index in [4.69, 9.17) is 9.84 Å². The quantitative estimate of drug-likeness (QED) is 0.798. The van der Waals surface area contributed by atoms with Gasteiger partial charge in [0, 0.05) is 13.3 Å². The molecule has 0 bridgehead atoms. The summed E-state index contributed by atoms with van der Waals surface area (Å²) in [5, 5.41) is 11.5. The Balaban J connectivity index is 2.63. The molecule has 1 aromatic carbocycles. The van der Waals surface area contributed by atoms with Crippen LogP contribution in [0.5, 0.6) is 5.75 Å². The van der Waals surface area contributed by atoms with Crippen molar-refractivity contribution in [2.45, 2.75) is 33.2 Å². The van der Waals surface area contributed by atoms with Gasteiger partial charge in [-0.15, -0.1) is 0 Å². The van der Waals surface area contributed by atoms with Gasteiger partial charge in [-0.05, 0) is 23.6 Å². The normalized spacial score (nSPS) is 12.0.